The van der Waals surface area contributed by atoms with E-state index in [1.54, 1.807) is 7.05 Å². The molecule has 3 N–H and O–H groups in total. The van der Waals surface area contributed by atoms with Crippen LogP contribution in [0, 0.1) is 5.41 Å². The van der Waals surface area contributed by atoms with Gasteiger partial charge < -0.3 is 10.4 Å². The minimum atomic E-state index is -0.808. The Morgan fingerprint density at radius 1 is 1.35 bits per heavy atom. The van der Waals surface area contributed by atoms with Crippen molar-refractivity contribution < 1.29 is 14.7 Å². The van der Waals surface area contributed by atoms with Crippen molar-refractivity contribution in [3.05, 3.63) is 0 Å². The summed E-state index contributed by atoms with van der Waals surface area (Å²) in [5.41, 5.74) is -0.142. The molecule has 0 aromatic carbocycles. The van der Waals surface area contributed by atoms with E-state index < -0.39 is 12.0 Å². The number of amides is 2. The Hall–Kier alpha value is -2.19. The average Bonchev–Trinajstić information content (AvgIpc) is 2.72. The number of carboxylic acid groups (broad SMARTS) is 1. The van der Waals surface area contributed by atoms with Crippen molar-refractivity contribution in [3.8, 4) is 0 Å². The molecule has 20 heavy (non-hydrogen) atoms. The molecule has 1 heterocycles. The van der Waals surface area contributed by atoms with Crippen molar-refractivity contribution in [3.63, 3.8) is 0 Å². The number of anilines is 1. The fourth-order valence-electron chi connectivity index (χ4n) is 1.56. The minimum absolute atomic E-state index is 0.128. The number of carbonyl (C=O) groups excluding carboxylic acids is 1. The number of tetrazole rings is 1. The summed E-state index contributed by atoms with van der Waals surface area (Å²) < 4.78 is 0. The summed E-state index contributed by atoms with van der Waals surface area (Å²) in [6.45, 7) is 4.39. The summed E-state index contributed by atoms with van der Waals surface area (Å²) >= 11 is 0. The Morgan fingerprint density at radius 2 is 2.05 bits per heavy atom. The Bertz CT molecular complexity index is 470. The molecule has 0 unspecified atom stereocenters. The maximum atomic E-state index is 11.5. The minimum Gasteiger partial charge on any atom is -0.481 e. The summed E-state index contributed by atoms with van der Waals surface area (Å²) in [5, 5.41) is 24.8. The molecule has 0 spiro atoms. The van der Waals surface area contributed by atoms with Crippen LogP contribution in [0.3, 0.4) is 0 Å². The van der Waals surface area contributed by atoms with E-state index >= 15 is 0 Å². The molecule has 0 fully saturated rings. The zero-order chi connectivity index (χ0) is 15.2. The van der Waals surface area contributed by atoms with Gasteiger partial charge >= 0.3 is 12.0 Å². The van der Waals surface area contributed by atoms with Gasteiger partial charge in [-0.15, -0.1) is 5.10 Å². The van der Waals surface area contributed by atoms with E-state index in [9.17, 15) is 9.59 Å². The van der Waals surface area contributed by atoms with Crippen molar-refractivity contribution in [1.82, 2.24) is 25.5 Å². The molecule has 1 aromatic rings. The van der Waals surface area contributed by atoms with E-state index in [0.717, 1.165) is 0 Å². The molecular weight excluding hydrogens is 264 g/mol. The summed E-state index contributed by atoms with van der Waals surface area (Å²) in [5.74, 6) is -0.673. The number of carbonyl (C=O) groups is 2. The molecule has 0 saturated carbocycles. The first-order valence-electron chi connectivity index (χ1n) is 6.29. The highest BCUT2D eigenvalue weighted by Gasteiger charge is 2.19. The number of urea groups is 1. The molecule has 0 radical (unpaired) electrons. The first-order valence-corrected chi connectivity index (χ1v) is 6.29. The van der Waals surface area contributed by atoms with Gasteiger partial charge in [-0.2, -0.15) is 4.80 Å². The number of carboxylic acids is 1. The Morgan fingerprint density at radius 3 is 2.60 bits per heavy atom. The fraction of sp³-hybridized carbons (Fsp3) is 0.727. The second kappa shape index (κ2) is 6.83. The molecular formula is C11H20N6O3. The van der Waals surface area contributed by atoms with Crippen molar-refractivity contribution in [2.24, 2.45) is 12.5 Å². The Labute approximate surface area is 116 Å². The van der Waals surface area contributed by atoms with Gasteiger partial charge in [-0.1, -0.05) is 18.9 Å². The van der Waals surface area contributed by atoms with Crippen molar-refractivity contribution >= 4 is 17.9 Å². The van der Waals surface area contributed by atoms with Gasteiger partial charge in [0.2, 0.25) is 0 Å². The molecule has 9 heteroatoms. The highest BCUT2D eigenvalue weighted by atomic mass is 16.4. The SMILES string of the molecule is Cn1nnc(NC(=O)NCCC(C)(C)CCC(=O)O)n1. The maximum absolute atomic E-state index is 11.5. The highest BCUT2D eigenvalue weighted by molar-refractivity contribution is 5.87. The molecule has 0 aliphatic carbocycles. The number of nitrogens with zero attached hydrogens (tertiary/aromatic N) is 4. The van der Waals surface area contributed by atoms with Crippen molar-refractivity contribution in [1.29, 1.82) is 0 Å². The van der Waals surface area contributed by atoms with E-state index in [1.165, 1.54) is 4.80 Å². The second-order valence-electron chi connectivity index (χ2n) is 5.29. The lowest BCUT2D eigenvalue weighted by Crippen LogP contribution is -2.32. The zero-order valence-electron chi connectivity index (χ0n) is 11.9. The van der Waals surface area contributed by atoms with Crippen LogP contribution in [0.2, 0.25) is 0 Å². The maximum Gasteiger partial charge on any atom is 0.321 e. The van der Waals surface area contributed by atoms with Crippen LogP contribution in [0.25, 0.3) is 0 Å². The quantitative estimate of drug-likeness (QED) is 0.674. The number of rotatable bonds is 7. The summed E-state index contributed by atoms with van der Waals surface area (Å²) in [6, 6.07) is -0.410. The summed E-state index contributed by atoms with van der Waals surface area (Å²) in [7, 11) is 1.60. The number of aliphatic carboxylic acids is 1. The van der Waals surface area contributed by atoms with Crippen LogP contribution in [0.4, 0.5) is 10.7 Å². The topological polar surface area (TPSA) is 122 Å². The molecule has 0 atom stereocenters. The molecule has 2 amide bonds. The fourth-order valence-corrected chi connectivity index (χ4v) is 1.56. The van der Waals surface area contributed by atoms with Crippen LogP contribution in [0.15, 0.2) is 0 Å². The highest BCUT2D eigenvalue weighted by Crippen LogP contribution is 2.25. The molecule has 1 rings (SSSR count). The van der Waals surface area contributed by atoms with Gasteiger partial charge in [-0.05, 0) is 23.5 Å². The number of aromatic nitrogens is 4. The molecule has 0 aliphatic heterocycles. The second-order valence-corrected chi connectivity index (χ2v) is 5.29. The van der Waals surface area contributed by atoms with Gasteiger partial charge in [-0.3, -0.25) is 10.1 Å². The molecule has 0 aliphatic rings. The Balaban J connectivity index is 2.25. The number of nitrogens with one attached hydrogen (secondary N) is 2. The van der Waals surface area contributed by atoms with E-state index in [-0.39, 0.29) is 17.8 Å². The van der Waals surface area contributed by atoms with Gasteiger partial charge in [-0.25, -0.2) is 4.79 Å². The largest absolute Gasteiger partial charge is 0.481 e. The molecule has 112 valence electrons. The summed E-state index contributed by atoms with van der Waals surface area (Å²) in [4.78, 5) is 23.3. The number of hydrogen-bond donors (Lipinski definition) is 3. The lowest BCUT2D eigenvalue weighted by molar-refractivity contribution is -0.137. The van der Waals surface area contributed by atoms with Crippen molar-refractivity contribution in [2.45, 2.75) is 33.1 Å². The van der Waals surface area contributed by atoms with E-state index in [0.29, 0.717) is 19.4 Å². The molecule has 0 saturated heterocycles. The average molecular weight is 284 g/mol. The smallest absolute Gasteiger partial charge is 0.321 e. The third-order valence-electron chi connectivity index (χ3n) is 2.84. The lowest BCUT2D eigenvalue weighted by Gasteiger charge is -2.23. The van der Waals surface area contributed by atoms with E-state index in [2.05, 4.69) is 26.0 Å². The van der Waals surface area contributed by atoms with Gasteiger partial charge in [0.25, 0.3) is 5.95 Å². The summed E-state index contributed by atoms with van der Waals surface area (Å²) in [6.07, 6.45) is 1.38. The third-order valence-corrected chi connectivity index (χ3v) is 2.84. The van der Waals surface area contributed by atoms with Crippen LogP contribution in [-0.2, 0) is 11.8 Å². The predicted molar refractivity (Wildman–Crippen MR) is 71.1 cm³/mol. The molecule has 1 aromatic heterocycles. The predicted octanol–water partition coefficient (Wildman–Crippen LogP) is 0.613. The monoisotopic (exact) mass is 284 g/mol. The van der Waals surface area contributed by atoms with Gasteiger partial charge in [0, 0.05) is 13.0 Å². The third kappa shape index (κ3) is 6.12. The standard InChI is InChI=1S/C11H20N6O3/c1-11(2,5-4-8(18)19)6-7-12-10(20)13-9-14-16-17(3)15-9/h4-7H2,1-3H3,(H,18,19)(H2,12,13,15,20). The van der Waals surface area contributed by atoms with Gasteiger partial charge in [0.1, 0.15) is 0 Å². The van der Waals surface area contributed by atoms with Crippen LogP contribution >= 0.6 is 0 Å². The number of aryl methyl sites for hydroxylation is 1. The van der Waals surface area contributed by atoms with Crippen LogP contribution < -0.4 is 10.6 Å². The lowest BCUT2D eigenvalue weighted by atomic mass is 9.84. The van der Waals surface area contributed by atoms with E-state index in [1.807, 2.05) is 13.8 Å². The Kier molecular flexibility index (Phi) is 5.42. The first-order chi connectivity index (χ1) is 9.28. The van der Waals surface area contributed by atoms with E-state index in [4.69, 9.17) is 5.11 Å². The van der Waals surface area contributed by atoms with Crippen LogP contribution in [-0.4, -0.2) is 43.9 Å². The first kappa shape index (κ1) is 15.9. The normalized spacial score (nSPS) is 11.2. The number of hydrogen-bond acceptors (Lipinski definition) is 5. The van der Waals surface area contributed by atoms with Crippen molar-refractivity contribution in [2.75, 3.05) is 11.9 Å². The van der Waals surface area contributed by atoms with Crippen LogP contribution in [0.5, 0.6) is 0 Å². The zero-order valence-corrected chi connectivity index (χ0v) is 11.9. The molecule has 0 bridgehead atoms. The van der Waals surface area contributed by atoms with Gasteiger partial charge in [0.05, 0.1) is 7.05 Å². The molecule has 9 nitrogen and oxygen atoms in total. The van der Waals surface area contributed by atoms with Crippen LogP contribution in [0.1, 0.15) is 33.1 Å². The van der Waals surface area contributed by atoms with Gasteiger partial charge in [0.15, 0.2) is 0 Å².